The molecule has 3 rings (SSSR count). The number of methoxy groups -OCH3 is 1. The molecule has 0 spiro atoms. The van der Waals surface area contributed by atoms with Crippen LogP contribution in [0.25, 0.3) is 11.0 Å². The molecule has 0 aliphatic rings. The number of unbranched alkanes of at least 4 members (excludes halogenated alkanes) is 2. The Hall–Kier alpha value is -3.06. The minimum atomic E-state index is -0.458. The van der Waals surface area contributed by atoms with E-state index < -0.39 is 5.82 Å². The number of carbonyl (C=O) groups is 1. The van der Waals surface area contributed by atoms with Crippen molar-refractivity contribution in [3.05, 3.63) is 65.7 Å². The molecule has 0 aliphatic heterocycles. The van der Waals surface area contributed by atoms with Crippen molar-refractivity contribution >= 4 is 16.9 Å². The maximum absolute atomic E-state index is 14.6. The van der Waals surface area contributed by atoms with Gasteiger partial charge in [-0.25, -0.2) is 9.37 Å². The lowest BCUT2D eigenvalue weighted by Gasteiger charge is -2.11. The Balaban J connectivity index is 1.56. The van der Waals surface area contributed by atoms with Gasteiger partial charge in [-0.3, -0.25) is 9.78 Å². The van der Waals surface area contributed by atoms with Crippen molar-refractivity contribution in [1.29, 1.82) is 0 Å². The molecule has 0 atom stereocenters. The fourth-order valence-corrected chi connectivity index (χ4v) is 2.86. The Kier molecular flexibility index (Phi) is 7.47. The van der Waals surface area contributed by atoms with Crippen LogP contribution in [0.1, 0.15) is 35.3 Å². The summed E-state index contributed by atoms with van der Waals surface area (Å²) >= 11 is 0. The highest BCUT2D eigenvalue weighted by atomic mass is 19.1. The number of hydrogen-bond acceptors (Lipinski definition) is 5. The van der Waals surface area contributed by atoms with Gasteiger partial charge in [0.05, 0.1) is 17.6 Å². The second-order valence-corrected chi connectivity index (χ2v) is 6.55. The molecule has 1 aromatic carbocycles. The summed E-state index contributed by atoms with van der Waals surface area (Å²) in [5.74, 6) is -0.640. The average molecular weight is 397 g/mol. The third-order valence-corrected chi connectivity index (χ3v) is 4.42. The lowest BCUT2D eigenvalue weighted by atomic mass is 10.2. The van der Waals surface area contributed by atoms with Crippen molar-refractivity contribution in [1.82, 2.24) is 15.3 Å². The number of pyridine rings is 2. The van der Waals surface area contributed by atoms with E-state index in [1.165, 1.54) is 0 Å². The van der Waals surface area contributed by atoms with E-state index in [4.69, 9.17) is 9.47 Å². The van der Waals surface area contributed by atoms with Crippen LogP contribution in [0.5, 0.6) is 5.75 Å². The second-order valence-electron chi connectivity index (χ2n) is 6.55. The van der Waals surface area contributed by atoms with Crippen molar-refractivity contribution in [3.63, 3.8) is 0 Å². The highest BCUT2D eigenvalue weighted by molar-refractivity contribution is 5.94. The number of nitrogens with one attached hydrogen (secondary N) is 1. The highest BCUT2D eigenvalue weighted by Crippen LogP contribution is 2.21. The van der Waals surface area contributed by atoms with E-state index in [0.717, 1.165) is 19.3 Å². The van der Waals surface area contributed by atoms with Crippen LogP contribution in [0.3, 0.4) is 0 Å². The van der Waals surface area contributed by atoms with Crippen LogP contribution in [-0.2, 0) is 11.3 Å². The molecule has 1 N–H and O–H groups in total. The molecule has 152 valence electrons. The van der Waals surface area contributed by atoms with Crippen LogP contribution in [0.4, 0.5) is 4.39 Å². The van der Waals surface area contributed by atoms with Gasteiger partial charge in [-0.1, -0.05) is 12.1 Å². The molecule has 0 fully saturated rings. The number of benzene rings is 1. The summed E-state index contributed by atoms with van der Waals surface area (Å²) in [4.78, 5) is 20.9. The lowest BCUT2D eigenvalue weighted by Crippen LogP contribution is -2.24. The predicted molar refractivity (Wildman–Crippen MR) is 108 cm³/mol. The van der Waals surface area contributed by atoms with Crippen LogP contribution >= 0.6 is 0 Å². The first-order valence-corrected chi connectivity index (χ1v) is 9.58. The summed E-state index contributed by atoms with van der Waals surface area (Å²) in [5.41, 5.74) is 1.96. The highest BCUT2D eigenvalue weighted by Gasteiger charge is 2.12. The summed E-state index contributed by atoms with van der Waals surface area (Å²) in [6.45, 7) is 1.19. The van der Waals surface area contributed by atoms with E-state index in [1.807, 2.05) is 0 Å². The van der Waals surface area contributed by atoms with Crippen LogP contribution in [0.15, 0.2) is 48.7 Å². The van der Waals surface area contributed by atoms with E-state index >= 15 is 0 Å². The largest absolute Gasteiger partial charge is 0.491 e. The van der Waals surface area contributed by atoms with Gasteiger partial charge in [0.15, 0.2) is 11.6 Å². The number of nitrogens with zero attached hydrogens (tertiary/aromatic N) is 2. The molecule has 0 saturated carbocycles. The fourth-order valence-electron chi connectivity index (χ4n) is 2.86. The van der Waals surface area contributed by atoms with E-state index in [1.54, 1.807) is 55.8 Å². The monoisotopic (exact) mass is 397 g/mol. The van der Waals surface area contributed by atoms with E-state index in [-0.39, 0.29) is 23.9 Å². The van der Waals surface area contributed by atoms with Crippen LogP contribution in [0.2, 0.25) is 0 Å². The Morgan fingerprint density at radius 3 is 2.76 bits per heavy atom. The van der Waals surface area contributed by atoms with Crippen molar-refractivity contribution in [2.75, 3.05) is 20.3 Å². The minimum Gasteiger partial charge on any atom is -0.491 e. The zero-order chi connectivity index (χ0) is 20.5. The summed E-state index contributed by atoms with van der Waals surface area (Å²) < 4.78 is 25.2. The van der Waals surface area contributed by atoms with Gasteiger partial charge in [0.25, 0.3) is 5.91 Å². The number of rotatable bonds is 10. The quantitative estimate of drug-likeness (QED) is 0.526. The van der Waals surface area contributed by atoms with Gasteiger partial charge in [-0.2, -0.15) is 0 Å². The molecule has 0 unspecified atom stereocenters. The normalized spacial score (nSPS) is 10.8. The zero-order valence-electron chi connectivity index (χ0n) is 16.4. The summed E-state index contributed by atoms with van der Waals surface area (Å²) in [7, 11) is 1.67. The third kappa shape index (κ3) is 5.71. The van der Waals surface area contributed by atoms with Crippen molar-refractivity contribution < 1.29 is 18.7 Å². The number of hydrogen-bond donors (Lipinski definition) is 1. The molecule has 0 saturated heterocycles. The third-order valence-electron chi connectivity index (χ3n) is 4.42. The summed E-state index contributed by atoms with van der Waals surface area (Å²) in [6.07, 6.45) is 4.40. The molecule has 3 aromatic rings. The average Bonchev–Trinajstić information content (AvgIpc) is 2.75. The van der Waals surface area contributed by atoms with Gasteiger partial charge in [0.2, 0.25) is 0 Å². The number of halogens is 1. The maximum atomic E-state index is 14.6. The Morgan fingerprint density at radius 2 is 1.90 bits per heavy atom. The number of amides is 1. The van der Waals surface area contributed by atoms with E-state index in [0.29, 0.717) is 29.8 Å². The number of carbonyl (C=O) groups excluding carboxylic acids is 1. The van der Waals surface area contributed by atoms with E-state index in [9.17, 15) is 9.18 Å². The zero-order valence-corrected chi connectivity index (χ0v) is 16.4. The summed E-state index contributed by atoms with van der Waals surface area (Å²) in [5, 5.41) is 2.71. The lowest BCUT2D eigenvalue weighted by molar-refractivity contribution is 0.0946. The minimum absolute atomic E-state index is 0.0441. The maximum Gasteiger partial charge on any atom is 0.270 e. The van der Waals surface area contributed by atoms with Crippen molar-refractivity contribution in [3.8, 4) is 5.75 Å². The molecule has 1 amide bonds. The van der Waals surface area contributed by atoms with Gasteiger partial charge in [-0.05, 0) is 49.6 Å². The number of fused-ring (bicyclic) bond motifs is 1. The van der Waals surface area contributed by atoms with Crippen LogP contribution in [-0.4, -0.2) is 36.2 Å². The Bertz CT molecular complexity index is 965. The molecule has 0 aliphatic carbocycles. The molecule has 29 heavy (non-hydrogen) atoms. The molecule has 7 heteroatoms. The number of ether oxygens (including phenoxy) is 2. The molecule has 0 bridgehead atoms. The standard InChI is InChI=1S/C22H24FN3O3/c1-28-13-3-2-4-14-29-20-9-5-7-16(21(20)23)15-25-22(27)19-11-10-17-18(26-19)8-6-12-24-17/h5-12H,2-4,13-15H2,1H3,(H,25,27). The van der Waals surface area contributed by atoms with E-state index in [2.05, 4.69) is 15.3 Å². The second kappa shape index (κ2) is 10.5. The predicted octanol–water partition coefficient (Wildman–Crippen LogP) is 3.89. The first-order chi connectivity index (χ1) is 14.2. The number of aromatic nitrogens is 2. The van der Waals surface area contributed by atoms with Gasteiger partial charge in [0.1, 0.15) is 5.69 Å². The van der Waals surface area contributed by atoms with Gasteiger partial charge >= 0.3 is 0 Å². The van der Waals surface area contributed by atoms with Gasteiger partial charge < -0.3 is 14.8 Å². The van der Waals surface area contributed by atoms with Crippen LogP contribution < -0.4 is 10.1 Å². The molecule has 6 nitrogen and oxygen atoms in total. The smallest absolute Gasteiger partial charge is 0.270 e. The van der Waals surface area contributed by atoms with Crippen molar-refractivity contribution in [2.24, 2.45) is 0 Å². The SMILES string of the molecule is COCCCCCOc1cccc(CNC(=O)c2ccc3ncccc3n2)c1F. The topological polar surface area (TPSA) is 73.3 Å². The Labute approximate surface area is 169 Å². The van der Waals surface area contributed by atoms with Crippen LogP contribution in [0, 0.1) is 5.82 Å². The molecular weight excluding hydrogens is 373 g/mol. The molecule has 0 radical (unpaired) electrons. The molecule has 2 heterocycles. The first-order valence-electron chi connectivity index (χ1n) is 9.58. The Morgan fingerprint density at radius 1 is 1.03 bits per heavy atom. The summed E-state index contributed by atoms with van der Waals surface area (Å²) in [6, 6.07) is 11.8. The fraction of sp³-hybridized carbons (Fsp3) is 0.318. The van der Waals surface area contributed by atoms with Gasteiger partial charge in [0, 0.05) is 32.0 Å². The van der Waals surface area contributed by atoms with Gasteiger partial charge in [-0.15, -0.1) is 0 Å². The first kappa shape index (κ1) is 20.7. The molecular formula is C22H24FN3O3. The van der Waals surface area contributed by atoms with Crippen molar-refractivity contribution in [2.45, 2.75) is 25.8 Å². The molecule has 2 aromatic heterocycles.